The number of benzene rings is 7. The number of nitrogens with one attached hydrogen (secondary N) is 1. The molecule has 7 aromatic carbocycles. The van der Waals surface area contributed by atoms with Crippen LogP contribution >= 0.6 is 11.8 Å². The Morgan fingerprint density at radius 1 is 0.435 bits per heavy atom. The van der Waals surface area contributed by atoms with Gasteiger partial charge in [-0.15, -0.1) is 0 Å². The minimum absolute atomic E-state index is 0.342. The molecule has 0 amide bonds. The Labute approximate surface area is 271 Å². The number of rotatable bonds is 3. The minimum Gasteiger partial charge on any atom is -0.456 e. The summed E-state index contributed by atoms with van der Waals surface area (Å²) in [4.78, 5) is 2.59. The summed E-state index contributed by atoms with van der Waals surface area (Å²) >= 11 is 1.87. The zero-order valence-electron chi connectivity index (χ0n) is 24.8. The summed E-state index contributed by atoms with van der Waals surface area (Å²) in [5.41, 5.74) is 14.0. The molecule has 46 heavy (non-hydrogen) atoms. The molecule has 0 radical (unpaired) electrons. The van der Waals surface area contributed by atoms with Crippen molar-refractivity contribution in [3.63, 3.8) is 0 Å². The Balaban J connectivity index is 1.02. The van der Waals surface area contributed by atoms with E-state index in [2.05, 4.69) is 151 Å². The van der Waals surface area contributed by atoms with E-state index in [0.29, 0.717) is 0 Å². The number of hydrogen-bond acceptors (Lipinski definition) is 3. The smallest absolute Gasteiger partial charge is 0.136 e. The van der Waals surface area contributed by atoms with E-state index in [9.17, 15) is 0 Å². The van der Waals surface area contributed by atoms with Crippen LogP contribution < -0.4 is 5.32 Å². The number of para-hydroxylation sites is 1. The topological polar surface area (TPSA) is 25.2 Å². The zero-order chi connectivity index (χ0) is 30.2. The summed E-state index contributed by atoms with van der Waals surface area (Å²) in [5.74, 6) is 0. The van der Waals surface area contributed by atoms with Gasteiger partial charge in [-0.2, -0.15) is 0 Å². The van der Waals surface area contributed by atoms with E-state index in [-0.39, 0.29) is 5.41 Å². The maximum absolute atomic E-state index is 6.14. The van der Waals surface area contributed by atoms with Crippen LogP contribution in [0.4, 0.5) is 11.4 Å². The quantitative estimate of drug-likeness (QED) is 0.217. The van der Waals surface area contributed by atoms with E-state index in [1.807, 2.05) is 23.9 Å². The molecule has 0 fully saturated rings. The van der Waals surface area contributed by atoms with E-state index < -0.39 is 0 Å². The lowest BCUT2D eigenvalue weighted by molar-refractivity contribution is 0.669. The molecule has 8 aromatic rings. The summed E-state index contributed by atoms with van der Waals surface area (Å²) in [6, 6.07) is 57.1. The summed E-state index contributed by atoms with van der Waals surface area (Å²) in [6.45, 7) is 0. The average Bonchev–Trinajstić information content (AvgIpc) is 3.62. The summed E-state index contributed by atoms with van der Waals surface area (Å²) in [6.07, 6.45) is 0. The van der Waals surface area contributed by atoms with Gasteiger partial charge in [0.15, 0.2) is 0 Å². The molecule has 0 saturated heterocycles. The fourth-order valence-corrected chi connectivity index (χ4v) is 8.99. The number of anilines is 2. The first-order valence-electron chi connectivity index (χ1n) is 15.7. The Morgan fingerprint density at radius 3 is 1.85 bits per heavy atom. The first-order chi connectivity index (χ1) is 22.8. The highest BCUT2D eigenvalue weighted by atomic mass is 32.2. The van der Waals surface area contributed by atoms with Crippen LogP contribution in [0.5, 0.6) is 0 Å². The van der Waals surface area contributed by atoms with Crippen molar-refractivity contribution in [1.82, 2.24) is 0 Å². The molecular weight excluding hydrogens is 579 g/mol. The van der Waals surface area contributed by atoms with E-state index in [1.165, 1.54) is 43.2 Å². The highest BCUT2D eigenvalue weighted by molar-refractivity contribution is 7.99. The van der Waals surface area contributed by atoms with Crippen molar-refractivity contribution in [2.24, 2.45) is 0 Å². The predicted molar refractivity (Wildman–Crippen MR) is 190 cm³/mol. The van der Waals surface area contributed by atoms with Gasteiger partial charge in [0.2, 0.25) is 0 Å². The predicted octanol–water partition coefficient (Wildman–Crippen LogP) is 11.8. The van der Waals surface area contributed by atoms with Crippen LogP contribution in [0.25, 0.3) is 44.2 Å². The highest BCUT2D eigenvalue weighted by Crippen LogP contribution is 2.62. The van der Waals surface area contributed by atoms with Crippen molar-refractivity contribution in [3.8, 4) is 22.3 Å². The standard InChI is InChI=1S/C43H27NOS/c1-4-12-35-31(9-1)32-10-2-5-13-36(32)43(35)37-14-6-8-16-41(37)46-42-26-30(22-24-38(42)43)44-29-20-17-27(18-21-29)28-19-23-34-33-11-3-7-15-39(33)45-40(34)25-28/h1-26,44H. The third-order valence-corrected chi connectivity index (χ3v) is 10.9. The molecule has 1 aliphatic carbocycles. The second-order valence-electron chi connectivity index (χ2n) is 12.2. The highest BCUT2D eigenvalue weighted by Gasteiger charge is 2.49. The monoisotopic (exact) mass is 605 g/mol. The Kier molecular flexibility index (Phi) is 5.46. The molecule has 0 unspecified atom stereocenters. The summed E-state index contributed by atoms with van der Waals surface area (Å²) in [7, 11) is 0. The second-order valence-corrected chi connectivity index (χ2v) is 13.2. The van der Waals surface area contributed by atoms with Gasteiger partial charge in [-0.1, -0.05) is 121 Å². The van der Waals surface area contributed by atoms with Crippen molar-refractivity contribution in [2.75, 3.05) is 5.32 Å². The van der Waals surface area contributed by atoms with E-state index >= 15 is 0 Å². The van der Waals surface area contributed by atoms with Crippen molar-refractivity contribution in [2.45, 2.75) is 15.2 Å². The zero-order valence-corrected chi connectivity index (χ0v) is 25.6. The van der Waals surface area contributed by atoms with E-state index in [4.69, 9.17) is 4.42 Å². The molecule has 1 spiro atoms. The van der Waals surface area contributed by atoms with Crippen LogP contribution in [-0.2, 0) is 5.41 Å². The SMILES string of the molecule is c1ccc2c(c1)Sc1cc(Nc3ccc(-c4ccc5c(c4)oc4ccccc45)cc3)ccc1C21c2ccccc2-c2ccccc21. The third-order valence-electron chi connectivity index (χ3n) is 9.73. The molecule has 2 aliphatic rings. The molecule has 216 valence electrons. The van der Waals surface area contributed by atoms with Crippen LogP contribution in [0.2, 0.25) is 0 Å². The molecule has 2 nitrogen and oxygen atoms in total. The molecule has 3 heteroatoms. The average molecular weight is 606 g/mol. The molecule has 0 bridgehead atoms. The first-order valence-corrected chi connectivity index (χ1v) is 16.5. The molecule has 10 rings (SSSR count). The van der Waals surface area contributed by atoms with Gasteiger partial charge >= 0.3 is 0 Å². The number of furan rings is 1. The number of fused-ring (bicyclic) bond motifs is 12. The maximum Gasteiger partial charge on any atom is 0.136 e. The third kappa shape index (κ3) is 3.61. The molecule has 1 aliphatic heterocycles. The lowest BCUT2D eigenvalue weighted by Crippen LogP contribution is -2.31. The summed E-state index contributed by atoms with van der Waals surface area (Å²) < 4.78 is 6.14. The minimum atomic E-state index is -0.342. The van der Waals surface area contributed by atoms with Gasteiger partial charge in [0.1, 0.15) is 11.2 Å². The van der Waals surface area contributed by atoms with Crippen molar-refractivity contribution in [1.29, 1.82) is 0 Å². The van der Waals surface area contributed by atoms with Gasteiger partial charge in [0, 0.05) is 31.9 Å². The van der Waals surface area contributed by atoms with Crippen LogP contribution in [0, 0.1) is 0 Å². The molecule has 0 atom stereocenters. The van der Waals surface area contributed by atoms with Gasteiger partial charge in [-0.3, -0.25) is 0 Å². The van der Waals surface area contributed by atoms with Gasteiger partial charge in [0.25, 0.3) is 0 Å². The molecular formula is C43H27NOS. The fourth-order valence-electron chi connectivity index (χ4n) is 7.76. The number of hydrogen-bond donors (Lipinski definition) is 1. The van der Waals surface area contributed by atoms with Crippen molar-refractivity contribution in [3.05, 3.63) is 180 Å². The van der Waals surface area contributed by atoms with Gasteiger partial charge in [-0.05, 0) is 93.0 Å². The van der Waals surface area contributed by atoms with Gasteiger partial charge < -0.3 is 9.73 Å². The largest absolute Gasteiger partial charge is 0.456 e. The normalized spacial score (nSPS) is 13.7. The first kappa shape index (κ1) is 25.8. The Hall–Kier alpha value is -5.51. The van der Waals surface area contributed by atoms with Crippen molar-refractivity contribution < 1.29 is 4.42 Å². The molecule has 2 heterocycles. The van der Waals surface area contributed by atoms with Crippen LogP contribution in [0.1, 0.15) is 22.3 Å². The molecule has 1 N–H and O–H groups in total. The lowest BCUT2D eigenvalue weighted by Gasteiger charge is -2.39. The Bertz CT molecular complexity index is 2440. The lowest BCUT2D eigenvalue weighted by atomic mass is 9.67. The van der Waals surface area contributed by atoms with E-state index in [0.717, 1.165) is 44.4 Å². The maximum atomic E-state index is 6.14. The van der Waals surface area contributed by atoms with Crippen molar-refractivity contribution >= 4 is 45.1 Å². The van der Waals surface area contributed by atoms with Gasteiger partial charge in [0.05, 0.1) is 5.41 Å². The van der Waals surface area contributed by atoms with E-state index in [1.54, 1.807) is 0 Å². The van der Waals surface area contributed by atoms with Crippen LogP contribution in [0.15, 0.2) is 172 Å². The van der Waals surface area contributed by atoms with Gasteiger partial charge in [-0.25, -0.2) is 0 Å². The summed E-state index contributed by atoms with van der Waals surface area (Å²) in [5, 5.41) is 5.99. The molecule has 1 aromatic heterocycles. The fraction of sp³-hybridized carbons (Fsp3) is 0.0233. The Morgan fingerprint density at radius 2 is 1.04 bits per heavy atom. The van der Waals surface area contributed by atoms with Crippen LogP contribution in [-0.4, -0.2) is 0 Å². The molecule has 0 saturated carbocycles. The second kappa shape index (κ2) is 9.74. The van der Waals surface area contributed by atoms with Crippen LogP contribution in [0.3, 0.4) is 0 Å².